The van der Waals surface area contributed by atoms with Gasteiger partial charge < -0.3 is 15.6 Å². The van der Waals surface area contributed by atoms with Crippen molar-refractivity contribution in [2.24, 2.45) is 0 Å². The molecule has 0 bridgehead atoms. The Kier molecular flexibility index (Phi) is 4.42. The standard InChI is InChI=1S/C16H19N3O2/c1-11-6-8-19(16(21)10-11)9-7-15(20)18-14-5-3-4-13(17)12(14)2/h3-6,8,10H,7,9,17H2,1-2H3,(H,18,20). The van der Waals surface area contributed by atoms with E-state index < -0.39 is 0 Å². The minimum Gasteiger partial charge on any atom is -0.398 e. The number of pyridine rings is 1. The number of carbonyl (C=O) groups excluding carboxylic acids is 1. The Hall–Kier alpha value is -2.56. The van der Waals surface area contributed by atoms with Crippen LogP contribution < -0.4 is 16.6 Å². The fourth-order valence-corrected chi connectivity index (χ4v) is 2.02. The molecule has 2 rings (SSSR count). The van der Waals surface area contributed by atoms with Crippen LogP contribution in [-0.2, 0) is 11.3 Å². The predicted octanol–water partition coefficient (Wildman–Crippen LogP) is 2.08. The van der Waals surface area contributed by atoms with Crippen LogP contribution in [0.1, 0.15) is 17.5 Å². The monoisotopic (exact) mass is 285 g/mol. The second kappa shape index (κ2) is 6.26. The molecule has 1 aromatic carbocycles. The third-order valence-electron chi connectivity index (χ3n) is 3.38. The lowest BCUT2D eigenvalue weighted by molar-refractivity contribution is -0.116. The molecular formula is C16H19N3O2. The maximum absolute atomic E-state index is 12.0. The maximum Gasteiger partial charge on any atom is 0.250 e. The summed E-state index contributed by atoms with van der Waals surface area (Å²) in [6.07, 6.45) is 1.94. The number of nitrogens with zero attached hydrogens (tertiary/aromatic N) is 1. The van der Waals surface area contributed by atoms with Crippen LogP contribution in [0, 0.1) is 13.8 Å². The summed E-state index contributed by atoms with van der Waals surface area (Å²) in [7, 11) is 0. The number of nitrogens with two attached hydrogens (primary N) is 1. The highest BCUT2D eigenvalue weighted by molar-refractivity contribution is 5.92. The molecule has 110 valence electrons. The molecule has 21 heavy (non-hydrogen) atoms. The SMILES string of the molecule is Cc1ccn(CCC(=O)Nc2cccc(N)c2C)c(=O)c1. The molecule has 0 atom stereocenters. The van der Waals surface area contributed by atoms with Gasteiger partial charge in [0, 0.05) is 36.6 Å². The molecule has 3 N–H and O–H groups in total. The minimum absolute atomic E-state index is 0.0945. The Balaban J connectivity index is 1.99. The summed E-state index contributed by atoms with van der Waals surface area (Å²) in [5, 5.41) is 2.82. The third-order valence-corrected chi connectivity index (χ3v) is 3.38. The zero-order valence-corrected chi connectivity index (χ0v) is 12.2. The van der Waals surface area contributed by atoms with E-state index in [0.717, 1.165) is 11.1 Å². The van der Waals surface area contributed by atoms with E-state index in [1.165, 1.54) is 4.57 Å². The number of hydrogen-bond donors (Lipinski definition) is 2. The van der Waals surface area contributed by atoms with Gasteiger partial charge >= 0.3 is 0 Å². The molecule has 2 aromatic rings. The highest BCUT2D eigenvalue weighted by atomic mass is 16.1. The molecule has 1 aromatic heterocycles. The van der Waals surface area contributed by atoms with Gasteiger partial charge in [-0.05, 0) is 43.2 Å². The quantitative estimate of drug-likeness (QED) is 0.844. The molecule has 0 spiro atoms. The van der Waals surface area contributed by atoms with Gasteiger partial charge in [0.15, 0.2) is 0 Å². The number of aryl methyl sites for hydroxylation is 2. The summed E-state index contributed by atoms with van der Waals surface area (Å²) in [4.78, 5) is 23.7. The van der Waals surface area contributed by atoms with Crippen LogP contribution in [-0.4, -0.2) is 10.5 Å². The first-order valence-electron chi connectivity index (χ1n) is 6.79. The summed E-state index contributed by atoms with van der Waals surface area (Å²) in [5.74, 6) is -0.142. The lowest BCUT2D eigenvalue weighted by Gasteiger charge is -2.10. The molecule has 1 amide bonds. The number of carbonyl (C=O) groups is 1. The zero-order valence-electron chi connectivity index (χ0n) is 12.2. The smallest absolute Gasteiger partial charge is 0.250 e. The first-order chi connectivity index (χ1) is 9.97. The van der Waals surface area contributed by atoms with Gasteiger partial charge in [-0.3, -0.25) is 9.59 Å². The first-order valence-corrected chi connectivity index (χ1v) is 6.79. The number of amides is 1. The van der Waals surface area contributed by atoms with E-state index in [1.807, 2.05) is 26.0 Å². The second-order valence-electron chi connectivity index (χ2n) is 5.05. The summed E-state index contributed by atoms with van der Waals surface area (Å²) in [6.45, 7) is 4.07. The van der Waals surface area contributed by atoms with Gasteiger partial charge in [0.05, 0.1) is 0 Å². The number of anilines is 2. The normalized spacial score (nSPS) is 10.4. The first kappa shape index (κ1) is 14.8. The van der Waals surface area contributed by atoms with E-state index in [9.17, 15) is 9.59 Å². The average Bonchev–Trinajstić information content (AvgIpc) is 2.43. The molecule has 5 heteroatoms. The van der Waals surface area contributed by atoms with Crippen molar-refractivity contribution >= 4 is 17.3 Å². The topological polar surface area (TPSA) is 77.1 Å². The van der Waals surface area contributed by atoms with Crippen LogP contribution in [0.25, 0.3) is 0 Å². The molecular weight excluding hydrogens is 266 g/mol. The van der Waals surface area contributed by atoms with E-state index >= 15 is 0 Å². The van der Waals surface area contributed by atoms with Crippen LogP contribution >= 0.6 is 0 Å². The van der Waals surface area contributed by atoms with Gasteiger partial charge in [0.1, 0.15) is 0 Å². The summed E-state index contributed by atoms with van der Waals surface area (Å²) >= 11 is 0. The van der Waals surface area contributed by atoms with Crippen molar-refractivity contribution in [1.29, 1.82) is 0 Å². The van der Waals surface area contributed by atoms with Gasteiger partial charge in [0.25, 0.3) is 5.56 Å². The Labute approximate surface area is 123 Å². The molecule has 0 aliphatic heterocycles. The summed E-state index contributed by atoms with van der Waals surface area (Å²) < 4.78 is 1.53. The van der Waals surface area contributed by atoms with Crippen LogP contribution in [0.5, 0.6) is 0 Å². The van der Waals surface area contributed by atoms with Crippen molar-refractivity contribution in [2.45, 2.75) is 26.8 Å². The molecule has 0 saturated carbocycles. The van der Waals surface area contributed by atoms with Crippen molar-refractivity contribution in [1.82, 2.24) is 4.57 Å². The average molecular weight is 285 g/mol. The number of nitrogen functional groups attached to an aromatic ring is 1. The highest BCUT2D eigenvalue weighted by Gasteiger charge is 2.07. The van der Waals surface area contributed by atoms with E-state index in [1.54, 1.807) is 24.4 Å². The molecule has 0 radical (unpaired) electrons. The largest absolute Gasteiger partial charge is 0.398 e. The highest BCUT2D eigenvalue weighted by Crippen LogP contribution is 2.20. The second-order valence-corrected chi connectivity index (χ2v) is 5.05. The van der Waals surface area contributed by atoms with Crippen LogP contribution in [0.3, 0.4) is 0 Å². The van der Waals surface area contributed by atoms with E-state index in [0.29, 0.717) is 17.9 Å². The Morgan fingerprint density at radius 1 is 1.29 bits per heavy atom. The molecule has 0 unspecified atom stereocenters. The van der Waals surface area contributed by atoms with Gasteiger partial charge in [-0.15, -0.1) is 0 Å². The van der Waals surface area contributed by atoms with Gasteiger partial charge in [-0.2, -0.15) is 0 Å². The van der Waals surface area contributed by atoms with E-state index in [-0.39, 0.29) is 17.9 Å². The van der Waals surface area contributed by atoms with Crippen molar-refractivity contribution in [3.8, 4) is 0 Å². The molecule has 0 fully saturated rings. The fourth-order valence-electron chi connectivity index (χ4n) is 2.02. The summed E-state index contributed by atoms with van der Waals surface area (Å²) in [5.41, 5.74) is 8.81. The Bertz CT molecular complexity index is 720. The van der Waals surface area contributed by atoms with Gasteiger partial charge in [-0.1, -0.05) is 6.07 Å². The van der Waals surface area contributed by atoms with Crippen LogP contribution in [0.15, 0.2) is 41.3 Å². The molecule has 0 saturated heterocycles. The van der Waals surface area contributed by atoms with E-state index in [4.69, 9.17) is 5.73 Å². The maximum atomic E-state index is 12.0. The van der Waals surface area contributed by atoms with Crippen molar-refractivity contribution < 1.29 is 4.79 Å². The number of hydrogen-bond acceptors (Lipinski definition) is 3. The summed E-state index contributed by atoms with van der Waals surface area (Å²) in [6, 6.07) is 8.79. The lowest BCUT2D eigenvalue weighted by atomic mass is 10.1. The number of rotatable bonds is 4. The van der Waals surface area contributed by atoms with Crippen molar-refractivity contribution in [3.63, 3.8) is 0 Å². The lowest BCUT2D eigenvalue weighted by Crippen LogP contribution is -2.22. The Morgan fingerprint density at radius 2 is 2.05 bits per heavy atom. The minimum atomic E-state index is -0.142. The number of aromatic nitrogens is 1. The fraction of sp³-hybridized carbons (Fsp3) is 0.250. The Morgan fingerprint density at radius 3 is 2.76 bits per heavy atom. The number of nitrogens with one attached hydrogen (secondary N) is 1. The third kappa shape index (κ3) is 3.72. The molecule has 0 aliphatic carbocycles. The van der Waals surface area contributed by atoms with Crippen molar-refractivity contribution in [2.75, 3.05) is 11.1 Å². The van der Waals surface area contributed by atoms with Gasteiger partial charge in [-0.25, -0.2) is 0 Å². The van der Waals surface area contributed by atoms with Gasteiger partial charge in [0.2, 0.25) is 5.91 Å². The van der Waals surface area contributed by atoms with E-state index in [2.05, 4.69) is 5.32 Å². The number of benzene rings is 1. The van der Waals surface area contributed by atoms with Crippen LogP contribution in [0.4, 0.5) is 11.4 Å². The molecule has 0 aliphatic rings. The van der Waals surface area contributed by atoms with Crippen LogP contribution in [0.2, 0.25) is 0 Å². The zero-order chi connectivity index (χ0) is 15.4. The van der Waals surface area contributed by atoms with Crippen molar-refractivity contribution in [3.05, 3.63) is 58.0 Å². The molecule has 1 heterocycles. The predicted molar refractivity (Wildman–Crippen MR) is 84.3 cm³/mol. The molecule has 5 nitrogen and oxygen atoms in total.